The van der Waals surface area contributed by atoms with Gasteiger partial charge in [-0.15, -0.1) is 0 Å². The van der Waals surface area contributed by atoms with Crippen molar-refractivity contribution in [3.05, 3.63) is 54.1 Å². The normalized spacial score (nSPS) is 35.5. The molecule has 2 aliphatic heterocycles. The number of nitrogens with zero attached hydrogens (tertiary/aromatic N) is 1. The molecule has 6 rings (SSSR count). The molecule has 1 nitrogen and oxygen atoms in total. The van der Waals surface area contributed by atoms with Crippen molar-refractivity contribution in [3.8, 4) is 0 Å². The molecule has 8 bridgehead atoms. The van der Waals surface area contributed by atoms with E-state index < -0.39 is 0 Å². The molecule has 0 aromatic heterocycles. The average Bonchev–Trinajstić information content (AvgIpc) is 3.17. The quantitative estimate of drug-likeness (QED) is 0.286. The van der Waals surface area contributed by atoms with Crippen LogP contribution < -0.4 is 4.67 Å². The fraction of sp³-hybridized carbons (Fsp3) is 0.737. The van der Waals surface area contributed by atoms with Crippen LogP contribution in [0, 0.1) is 11.8 Å². The first-order valence-electron chi connectivity index (χ1n) is 17.9. The van der Waals surface area contributed by atoms with Gasteiger partial charge in [0.2, 0.25) is 0 Å². The van der Waals surface area contributed by atoms with Crippen molar-refractivity contribution in [1.29, 1.82) is 0 Å². The van der Waals surface area contributed by atoms with E-state index in [9.17, 15) is 0 Å². The molecule has 0 radical (unpaired) electrons. The molecule has 1 aromatic rings. The van der Waals surface area contributed by atoms with E-state index in [2.05, 4.69) is 53.2 Å². The molecule has 0 spiro atoms. The van der Waals surface area contributed by atoms with E-state index in [1.54, 1.807) is 17.7 Å². The highest BCUT2D eigenvalue weighted by Crippen LogP contribution is 2.63. The molecule has 1 saturated heterocycles. The largest absolute Gasteiger partial charge is 0.347 e. The molecule has 40 heavy (non-hydrogen) atoms. The number of hydrogen-bond acceptors (Lipinski definition) is 1. The number of fused-ring (bicyclic) bond motifs is 15. The molecular weight excluding hydrogens is 501 g/mol. The lowest BCUT2D eigenvalue weighted by Crippen LogP contribution is -2.43. The minimum Gasteiger partial charge on any atom is -0.347 e. The monoisotopic (exact) mass is 559 g/mol. The van der Waals surface area contributed by atoms with Crippen molar-refractivity contribution in [2.45, 2.75) is 165 Å². The molecule has 5 aliphatic rings. The Morgan fingerprint density at radius 1 is 0.500 bits per heavy atom. The fourth-order valence-corrected chi connectivity index (χ4v) is 13.7. The van der Waals surface area contributed by atoms with Gasteiger partial charge in [0.25, 0.3) is 0 Å². The van der Waals surface area contributed by atoms with Gasteiger partial charge in [0, 0.05) is 11.7 Å². The topological polar surface area (TPSA) is 3.24 Å². The fourth-order valence-electron chi connectivity index (χ4n) is 9.54. The molecule has 7 unspecified atom stereocenters. The summed E-state index contributed by atoms with van der Waals surface area (Å²) >= 11 is 0. The van der Waals surface area contributed by atoms with Crippen LogP contribution in [0.25, 0.3) is 0 Å². The SMILES string of the molecule is c1cccc2cc(ccc1)N1C3CCCCCCCC(C3)C3CCCCCCC(C3)P1C1CCCCCCC2C1. The third-order valence-corrected chi connectivity index (χ3v) is 15.1. The van der Waals surface area contributed by atoms with Crippen molar-refractivity contribution in [2.75, 3.05) is 4.67 Å². The Morgan fingerprint density at radius 3 is 1.80 bits per heavy atom. The van der Waals surface area contributed by atoms with Crippen molar-refractivity contribution < 1.29 is 0 Å². The maximum atomic E-state index is 3.23. The summed E-state index contributed by atoms with van der Waals surface area (Å²) < 4.78 is 3.23. The van der Waals surface area contributed by atoms with Crippen molar-refractivity contribution in [2.24, 2.45) is 11.8 Å². The standard InChI is InChI=1S/C38H58NP/c1-3-11-19-31-27-35(23-15-5-1)39-36-24-16-6-2-4-12-20-32(28-36)34-22-14-8-10-18-26-38(30-34)40(39)37-25-17-9-7-13-21-33(31)29-37/h1,3,5,11,15,19,23,27,32-34,36-38H,2,4,6-10,12-14,16-18,20-22,24-26,28-30H2. The lowest BCUT2D eigenvalue weighted by Gasteiger charge is -2.53. The minimum atomic E-state index is -0.181. The van der Waals surface area contributed by atoms with E-state index in [0.29, 0.717) is 0 Å². The predicted octanol–water partition coefficient (Wildman–Crippen LogP) is 12.1. The van der Waals surface area contributed by atoms with Gasteiger partial charge in [-0.25, -0.2) is 0 Å². The Balaban J connectivity index is 1.53. The Morgan fingerprint density at radius 2 is 1.05 bits per heavy atom. The summed E-state index contributed by atoms with van der Waals surface area (Å²) in [5.74, 6) is 2.71. The average molecular weight is 560 g/mol. The summed E-state index contributed by atoms with van der Waals surface area (Å²) in [5.41, 5.74) is 5.10. The Kier molecular flexibility index (Phi) is 10.8. The first-order valence-corrected chi connectivity index (χ1v) is 19.3. The van der Waals surface area contributed by atoms with Gasteiger partial charge >= 0.3 is 0 Å². The Bertz CT molecular complexity index is 973. The summed E-state index contributed by atoms with van der Waals surface area (Å²) in [6.07, 6.45) is 32.5. The van der Waals surface area contributed by atoms with Crippen LogP contribution in [-0.2, 0) is 0 Å². The molecule has 1 aromatic carbocycles. The van der Waals surface area contributed by atoms with E-state index >= 15 is 0 Å². The van der Waals surface area contributed by atoms with E-state index in [4.69, 9.17) is 0 Å². The molecule has 0 N–H and O–H groups in total. The van der Waals surface area contributed by atoms with Crippen LogP contribution in [0.2, 0.25) is 0 Å². The molecule has 220 valence electrons. The molecule has 3 aliphatic carbocycles. The molecule has 7 atom stereocenters. The van der Waals surface area contributed by atoms with Crippen LogP contribution in [-0.4, -0.2) is 17.4 Å². The van der Waals surface area contributed by atoms with Crippen LogP contribution in [0.5, 0.6) is 0 Å². The van der Waals surface area contributed by atoms with Crippen molar-refractivity contribution in [3.63, 3.8) is 0 Å². The number of rotatable bonds is 0. The smallest absolute Gasteiger partial charge is 0.0404 e. The van der Waals surface area contributed by atoms with E-state index in [-0.39, 0.29) is 8.07 Å². The Labute approximate surface area is 248 Å². The van der Waals surface area contributed by atoms with Gasteiger partial charge in [0.1, 0.15) is 0 Å². The second-order valence-corrected chi connectivity index (χ2v) is 17.0. The maximum Gasteiger partial charge on any atom is 0.0404 e. The van der Waals surface area contributed by atoms with E-state index in [1.165, 1.54) is 135 Å². The van der Waals surface area contributed by atoms with Crippen molar-refractivity contribution >= 4 is 13.8 Å². The van der Waals surface area contributed by atoms with E-state index in [0.717, 1.165) is 35.1 Å². The van der Waals surface area contributed by atoms with Gasteiger partial charge in [0.05, 0.1) is 0 Å². The summed E-state index contributed by atoms with van der Waals surface area (Å²) in [5, 5.41) is 0. The molecule has 3 saturated carbocycles. The molecule has 2 heterocycles. The lowest BCUT2D eigenvalue weighted by atomic mass is 9.76. The Hall–Kier alpha value is -1.07. The third-order valence-electron chi connectivity index (χ3n) is 11.6. The van der Waals surface area contributed by atoms with E-state index in [1.807, 2.05) is 0 Å². The second kappa shape index (κ2) is 14.9. The number of anilines is 1. The van der Waals surface area contributed by atoms with Gasteiger partial charge in [-0.2, -0.15) is 0 Å². The lowest BCUT2D eigenvalue weighted by molar-refractivity contribution is 0.224. The predicted molar refractivity (Wildman–Crippen MR) is 176 cm³/mol. The molecule has 0 amide bonds. The first kappa shape index (κ1) is 29.0. The van der Waals surface area contributed by atoms with Gasteiger partial charge in [-0.05, 0) is 99.8 Å². The van der Waals surface area contributed by atoms with Crippen LogP contribution in [0.3, 0.4) is 0 Å². The van der Waals surface area contributed by atoms with Gasteiger partial charge in [-0.1, -0.05) is 133 Å². The molecule has 2 heteroatoms. The molecular formula is C38H58NP. The van der Waals surface area contributed by atoms with Crippen LogP contribution in [0.4, 0.5) is 5.69 Å². The van der Waals surface area contributed by atoms with Gasteiger partial charge in [-0.3, -0.25) is 0 Å². The summed E-state index contributed by atoms with van der Waals surface area (Å²) in [6, 6.07) is 20.0. The minimum absolute atomic E-state index is 0.181. The summed E-state index contributed by atoms with van der Waals surface area (Å²) in [7, 11) is -0.181. The maximum absolute atomic E-state index is 3.23. The van der Waals surface area contributed by atoms with Gasteiger partial charge in [0.15, 0.2) is 0 Å². The zero-order chi connectivity index (χ0) is 27.0. The summed E-state index contributed by atoms with van der Waals surface area (Å²) in [4.78, 5) is 0. The third kappa shape index (κ3) is 7.28. The highest BCUT2D eigenvalue weighted by molar-refractivity contribution is 7.61. The second-order valence-electron chi connectivity index (χ2n) is 14.3. The van der Waals surface area contributed by atoms with Crippen LogP contribution >= 0.6 is 8.07 Å². The van der Waals surface area contributed by atoms with Gasteiger partial charge < -0.3 is 4.67 Å². The van der Waals surface area contributed by atoms with Crippen LogP contribution in [0.1, 0.15) is 153 Å². The van der Waals surface area contributed by atoms with Crippen molar-refractivity contribution in [1.82, 2.24) is 0 Å². The number of hydrogen-bond donors (Lipinski definition) is 0. The van der Waals surface area contributed by atoms with Crippen LogP contribution in [0.15, 0.2) is 48.5 Å². The highest BCUT2D eigenvalue weighted by atomic mass is 31.1. The summed E-state index contributed by atoms with van der Waals surface area (Å²) in [6.45, 7) is 0. The first-order chi connectivity index (χ1) is 19.9. The zero-order valence-electron chi connectivity index (χ0n) is 25.5. The zero-order valence-corrected chi connectivity index (χ0v) is 26.4. The molecule has 4 fully saturated rings. The highest BCUT2D eigenvalue weighted by Gasteiger charge is 2.44.